The van der Waals surface area contributed by atoms with Crippen LogP contribution in [0.3, 0.4) is 0 Å². The van der Waals surface area contributed by atoms with E-state index in [1.54, 1.807) is 24.3 Å². The normalized spacial score (nSPS) is 10.1. The SMILES string of the molecule is COC(=O)/C=C/C(=O)OCCNNC(=O)c1ccccc1. The van der Waals surface area contributed by atoms with Crippen LogP contribution in [-0.4, -0.2) is 38.1 Å². The lowest BCUT2D eigenvalue weighted by Gasteiger charge is -2.07. The van der Waals surface area contributed by atoms with Crippen LogP contribution < -0.4 is 10.9 Å². The molecule has 0 atom stereocenters. The van der Waals surface area contributed by atoms with Crippen LogP contribution in [0.5, 0.6) is 0 Å². The fourth-order valence-corrected chi connectivity index (χ4v) is 1.26. The van der Waals surface area contributed by atoms with Crippen molar-refractivity contribution in [3.8, 4) is 0 Å². The van der Waals surface area contributed by atoms with Crippen LogP contribution in [0.2, 0.25) is 0 Å². The zero-order chi connectivity index (χ0) is 15.5. The van der Waals surface area contributed by atoms with Crippen LogP contribution in [0.4, 0.5) is 0 Å². The minimum Gasteiger partial charge on any atom is -0.466 e. The number of hydrogen-bond donors (Lipinski definition) is 2. The summed E-state index contributed by atoms with van der Waals surface area (Å²) in [6.45, 7) is 0.274. The molecule has 0 spiro atoms. The summed E-state index contributed by atoms with van der Waals surface area (Å²) in [4.78, 5) is 33.5. The molecule has 7 nitrogen and oxygen atoms in total. The second kappa shape index (κ2) is 9.27. The first-order valence-electron chi connectivity index (χ1n) is 6.14. The molecular formula is C14H16N2O5. The maximum Gasteiger partial charge on any atom is 0.331 e. The van der Waals surface area contributed by atoms with Gasteiger partial charge in [-0.3, -0.25) is 10.2 Å². The number of nitrogens with one attached hydrogen (secondary N) is 2. The smallest absolute Gasteiger partial charge is 0.331 e. The van der Waals surface area contributed by atoms with Crippen molar-refractivity contribution < 1.29 is 23.9 Å². The van der Waals surface area contributed by atoms with Crippen molar-refractivity contribution in [2.45, 2.75) is 0 Å². The van der Waals surface area contributed by atoms with Crippen molar-refractivity contribution in [1.29, 1.82) is 0 Å². The van der Waals surface area contributed by atoms with Crippen molar-refractivity contribution >= 4 is 17.8 Å². The number of esters is 2. The summed E-state index contributed by atoms with van der Waals surface area (Å²) in [6.07, 6.45) is 1.93. The Bertz CT molecular complexity index is 513. The quantitative estimate of drug-likeness (QED) is 0.322. The minimum atomic E-state index is -0.670. The molecule has 0 saturated heterocycles. The first-order valence-corrected chi connectivity index (χ1v) is 6.14. The van der Waals surface area contributed by atoms with Crippen molar-refractivity contribution in [1.82, 2.24) is 10.9 Å². The van der Waals surface area contributed by atoms with E-state index < -0.39 is 11.9 Å². The summed E-state index contributed by atoms with van der Waals surface area (Å²) in [7, 11) is 1.21. The summed E-state index contributed by atoms with van der Waals surface area (Å²) in [5.41, 5.74) is 5.60. The molecule has 0 unspecified atom stereocenters. The predicted molar refractivity (Wildman–Crippen MR) is 74.0 cm³/mol. The molecule has 0 heterocycles. The zero-order valence-corrected chi connectivity index (χ0v) is 11.5. The van der Waals surface area contributed by atoms with Crippen LogP contribution >= 0.6 is 0 Å². The standard InChI is InChI=1S/C14H16N2O5/c1-20-12(17)7-8-13(18)21-10-9-15-16-14(19)11-5-3-2-4-6-11/h2-8,15H,9-10H2,1H3,(H,16,19)/b8-7+. The van der Waals surface area contributed by atoms with Gasteiger partial charge in [-0.1, -0.05) is 18.2 Å². The molecule has 21 heavy (non-hydrogen) atoms. The van der Waals surface area contributed by atoms with Crippen molar-refractivity contribution in [3.05, 3.63) is 48.0 Å². The number of amides is 1. The predicted octanol–water partition coefficient (Wildman–Crippen LogP) is 0.193. The maximum absolute atomic E-state index is 11.6. The number of carbonyl (C=O) groups is 3. The lowest BCUT2D eigenvalue weighted by Crippen LogP contribution is -2.39. The Kier molecular flexibility index (Phi) is 7.23. The Balaban J connectivity index is 2.15. The molecule has 0 aliphatic heterocycles. The lowest BCUT2D eigenvalue weighted by molar-refractivity contribution is -0.139. The summed E-state index contributed by atoms with van der Waals surface area (Å²) >= 11 is 0. The average molecular weight is 292 g/mol. The van der Waals surface area contributed by atoms with Crippen LogP contribution in [0.15, 0.2) is 42.5 Å². The van der Waals surface area contributed by atoms with E-state index in [0.29, 0.717) is 5.56 Å². The van der Waals surface area contributed by atoms with Gasteiger partial charge in [0.25, 0.3) is 5.91 Å². The summed E-state index contributed by atoms with van der Waals surface area (Å²) in [5, 5.41) is 0. The molecule has 1 aromatic carbocycles. The van der Waals surface area contributed by atoms with E-state index in [0.717, 1.165) is 12.2 Å². The van der Waals surface area contributed by atoms with Crippen molar-refractivity contribution in [2.24, 2.45) is 0 Å². The maximum atomic E-state index is 11.6. The molecule has 112 valence electrons. The minimum absolute atomic E-state index is 0.0411. The molecule has 0 fully saturated rings. The number of carbonyl (C=O) groups excluding carboxylic acids is 3. The van der Waals surface area contributed by atoms with Gasteiger partial charge in [0.2, 0.25) is 0 Å². The third-order valence-electron chi connectivity index (χ3n) is 2.27. The Morgan fingerprint density at radius 1 is 1.10 bits per heavy atom. The van der Waals surface area contributed by atoms with Gasteiger partial charge in [0.1, 0.15) is 6.61 Å². The fraction of sp³-hybridized carbons (Fsp3) is 0.214. The molecule has 0 saturated carbocycles. The van der Waals surface area contributed by atoms with Gasteiger partial charge < -0.3 is 9.47 Å². The van der Waals surface area contributed by atoms with E-state index >= 15 is 0 Å². The van der Waals surface area contributed by atoms with Gasteiger partial charge in [0.05, 0.1) is 7.11 Å². The van der Waals surface area contributed by atoms with E-state index in [9.17, 15) is 14.4 Å². The third kappa shape index (κ3) is 6.88. The summed E-state index contributed by atoms with van der Waals surface area (Å²) in [5.74, 6) is -1.59. The van der Waals surface area contributed by atoms with Gasteiger partial charge in [-0.05, 0) is 12.1 Å². The van der Waals surface area contributed by atoms with E-state index in [1.165, 1.54) is 7.11 Å². The van der Waals surface area contributed by atoms with Crippen molar-refractivity contribution in [2.75, 3.05) is 20.3 Å². The molecule has 0 bridgehead atoms. The number of benzene rings is 1. The summed E-state index contributed by atoms with van der Waals surface area (Å²) < 4.78 is 9.10. The topological polar surface area (TPSA) is 93.7 Å². The van der Waals surface area contributed by atoms with E-state index in [1.807, 2.05) is 6.07 Å². The number of methoxy groups -OCH3 is 1. The van der Waals surface area contributed by atoms with Gasteiger partial charge in [0.15, 0.2) is 0 Å². The first kappa shape index (κ1) is 16.4. The Hall–Kier alpha value is -2.67. The van der Waals surface area contributed by atoms with Gasteiger partial charge in [0, 0.05) is 24.3 Å². The van der Waals surface area contributed by atoms with E-state index in [-0.39, 0.29) is 19.1 Å². The fourth-order valence-electron chi connectivity index (χ4n) is 1.26. The molecule has 1 rings (SSSR count). The Labute approximate surface area is 121 Å². The van der Waals surface area contributed by atoms with Crippen LogP contribution in [0, 0.1) is 0 Å². The number of hydrogen-bond acceptors (Lipinski definition) is 6. The number of hydrazine groups is 1. The molecule has 0 aliphatic carbocycles. The number of rotatable bonds is 7. The number of ether oxygens (including phenoxy) is 2. The molecular weight excluding hydrogens is 276 g/mol. The molecule has 1 aromatic rings. The van der Waals surface area contributed by atoms with E-state index in [4.69, 9.17) is 4.74 Å². The third-order valence-corrected chi connectivity index (χ3v) is 2.27. The zero-order valence-electron chi connectivity index (χ0n) is 11.5. The monoisotopic (exact) mass is 292 g/mol. The molecule has 0 aliphatic rings. The highest BCUT2D eigenvalue weighted by Gasteiger charge is 2.03. The Morgan fingerprint density at radius 2 is 1.76 bits per heavy atom. The first-order chi connectivity index (χ1) is 10.1. The Morgan fingerprint density at radius 3 is 2.43 bits per heavy atom. The lowest BCUT2D eigenvalue weighted by atomic mass is 10.2. The van der Waals surface area contributed by atoms with Gasteiger partial charge in [-0.25, -0.2) is 15.0 Å². The van der Waals surface area contributed by atoms with Gasteiger partial charge in [-0.15, -0.1) is 0 Å². The van der Waals surface area contributed by atoms with Crippen LogP contribution in [0.25, 0.3) is 0 Å². The molecule has 0 aromatic heterocycles. The van der Waals surface area contributed by atoms with Gasteiger partial charge in [-0.2, -0.15) is 0 Å². The average Bonchev–Trinajstić information content (AvgIpc) is 2.52. The molecule has 7 heteroatoms. The van der Waals surface area contributed by atoms with Crippen LogP contribution in [0.1, 0.15) is 10.4 Å². The molecule has 1 amide bonds. The van der Waals surface area contributed by atoms with Gasteiger partial charge >= 0.3 is 11.9 Å². The second-order valence-corrected chi connectivity index (χ2v) is 3.77. The highest BCUT2D eigenvalue weighted by Crippen LogP contribution is 1.96. The highest BCUT2D eigenvalue weighted by molar-refractivity contribution is 5.93. The largest absolute Gasteiger partial charge is 0.466 e. The second-order valence-electron chi connectivity index (χ2n) is 3.77. The molecule has 2 N–H and O–H groups in total. The van der Waals surface area contributed by atoms with E-state index in [2.05, 4.69) is 15.6 Å². The molecule has 0 radical (unpaired) electrons. The van der Waals surface area contributed by atoms with Crippen LogP contribution in [-0.2, 0) is 19.1 Å². The van der Waals surface area contributed by atoms with Crippen molar-refractivity contribution in [3.63, 3.8) is 0 Å². The summed E-state index contributed by atoms with van der Waals surface area (Å²) in [6, 6.07) is 8.67. The highest BCUT2D eigenvalue weighted by atomic mass is 16.5.